The topological polar surface area (TPSA) is 30.5 Å². The molecule has 0 fully saturated rings. The summed E-state index contributed by atoms with van der Waals surface area (Å²) in [5.74, 6) is 1.69. The van der Waals surface area contributed by atoms with Crippen LogP contribution in [0.1, 0.15) is 58.2 Å². The predicted molar refractivity (Wildman–Crippen MR) is 135 cm³/mol. The monoisotopic (exact) mass is 423 g/mol. The Hall–Kier alpha value is -2.78. The largest absolute Gasteiger partial charge is 0.497 e. The highest BCUT2D eigenvalue weighted by atomic mass is 16.5. The molecule has 3 aromatic carbocycles. The van der Waals surface area contributed by atoms with Crippen molar-refractivity contribution >= 4 is 0 Å². The minimum absolute atomic E-state index is 0.459. The maximum absolute atomic E-state index is 5.32. The van der Waals surface area contributed by atoms with Gasteiger partial charge in [0.15, 0.2) is 0 Å². The molecule has 0 unspecified atom stereocenters. The van der Waals surface area contributed by atoms with E-state index in [1.807, 2.05) is 78.9 Å². The fourth-order valence-corrected chi connectivity index (χ4v) is 3.30. The van der Waals surface area contributed by atoms with Gasteiger partial charge < -0.3 is 14.8 Å². The third-order valence-corrected chi connectivity index (χ3v) is 4.63. The van der Waals surface area contributed by atoms with E-state index in [-0.39, 0.29) is 0 Å². The van der Waals surface area contributed by atoms with Crippen molar-refractivity contribution in [2.45, 2.75) is 47.1 Å². The molecule has 0 saturated heterocycles. The molecule has 0 amide bonds. The van der Waals surface area contributed by atoms with E-state index in [0.717, 1.165) is 22.6 Å². The van der Waals surface area contributed by atoms with Crippen LogP contribution in [0.2, 0.25) is 0 Å². The highest BCUT2D eigenvalue weighted by Crippen LogP contribution is 2.37. The van der Waals surface area contributed by atoms with Crippen LogP contribution in [-0.4, -0.2) is 21.3 Å². The van der Waals surface area contributed by atoms with Crippen molar-refractivity contribution in [3.8, 4) is 11.5 Å². The Kier molecular flexibility index (Phi) is 14.5. The number of benzene rings is 3. The van der Waals surface area contributed by atoms with E-state index in [1.54, 1.807) is 14.2 Å². The molecule has 0 aliphatic rings. The van der Waals surface area contributed by atoms with Crippen LogP contribution in [0.5, 0.6) is 11.5 Å². The SMILES string of the molecule is CC.CC.CC.CNC(c1ccccc1)(c1ccc(OC)cc1)c1ccc(OC)cc1. The van der Waals surface area contributed by atoms with Gasteiger partial charge in [-0.05, 0) is 48.0 Å². The first kappa shape index (κ1) is 28.2. The van der Waals surface area contributed by atoms with Gasteiger partial charge in [-0.2, -0.15) is 0 Å². The molecule has 0 spiro atoms. The van der Waals surface area contributed by atoms with Crippen LogP contribution in [-0.2, 0) is 5.54 Å². The zero-order valence-electron chi connectivity index (χ0n) is 20.8. The van der Waals surface area contributed by atoms with E-state index < -0.39 is 5.54 Å². The van der Waals surface area contributed by atoms with Gasteiger partial charge >= 0.3 is 0 Å². The molecule has 0 bridgehead atoms. The van der Waals surface area contributed by atoms with Crippen molar-refractivity contribution in [2.75, 3.05) is 21.3 Å². The quantitative estimate of drug-likeness (QED) is 0.422. The highest BCUT2D eigenvalue weighted by Gasteiger charge is 2.34. The number of rotatable bonds is 6. The van der Waals surface area contributed by atoms with E-state index in [2.05, 4.69) is 53.8 Å². The molecular weight excluding hydrogens is 382 g/mol. The minimum atomic E-state index is -0.459. The highest BCUT2D eigenvalue weighted by molar-refractivity contribution is 5.51. The van der Waals surface area contributed by atoms with Crippen molar-refractivity contribution in [3.05, 3.63) is 95.6 Å². The van der Waals surface area contributed by atoms with Gasteiger partial charge in [0.2, 0.25) is 0 Å². The molecule has 0 aliphatic carbocycles. The molecule has 0 aromatic heterocycles. The summed E-state index contributed by atoms with van der Waals surface area (Å²) in [5.41, 5.74) is 3.01. The fourth-order valence-electron chi connectivity index (χ4n) is 3.30. The van der Waals surface area contributed by atoms with Gasteiger partial charge in [-0.25, -0.2) is 0 Å². The number of hydrogen-bond acceptors (Lipinski definition) is 3. The van der Waals surface area contributed by atoms with Crippen LogP contribution >= 0.6 is 0 Å². The van der Waals surface area contributed by atoms with Crippen LogP contribution in [0.4, 0.5) is 0 Å². The van der Waals surface area contributed by atoms with E-state index in [0.29, 0.717) is 0 Å². The lowest BCUT2D eigenvalue weighted by Crippen LogP contribution is -2.42. The van der Waals surface area contributed by atoms with Crippen molar-refractivity contribution in [1.82, 2.24) is 5.32 Å². The molecule has 3 rings (SSSR count). The Bertz CT molecular complexity index is 749. The maximum atomic E-state index is 5.32. The summed E-state index contributed by atoms with van der Waals surface area (Å²) in [5, 5.41) is 3.56. The second kappa shape index (κ2) is 16.0. The first-order valence-corrected chi connectivity index (χ1v) is 11.3. The van der Waals surface area contributed by atoms with Crippen LogP contribution in [0.15, 0.2) is 78.9 Å². The fraction of sp³-hybridized carbons (Fsp3) is 0.357. The van der Waals surface area contributed by atoms with Crippen molar-refractivity contribution in [1.29, 1.82) is 0 Å². The second-order valence-electron chi connectivity index (χ2n) is 5.82. The molecular formula is C28H41NO2. The van der Waals surface area contributed by atoms with E-state index in [9.17, 15) is 0 Å². The average molecular weight is 424 g/mol. The van der Waals surface area contributed by atoms with Gasteiger partial charge in [0, 0.05) is 0 Å². The Balaban J connectivity index is 0.00000138. The molecule has 1 N–H and O–H groups in total. The Morgan fingerprint density at radius 2 is 0.839 bits per heavy atom. The molecule has 0 heterocycles. The normalized spacial score (nSPS) is 9.58. The Morgan fingerprint density at radius 1 is 0.516 bits per heavy atom. The zero-order chi connectivity index (χ0) is 23.7. The number of methoxy groups -OCH3 is 2. The standard InChI is InChI=1S/C22H23NO2.3C2H6/c1-23-22(17-7-5-4-6-8-17,18-9-13-20(24-2)14-10-18)19-11-15-21(25-3)16-12-19;3*1-2/h4-16,23H,1-3H3;3*1-2H3. The van der Waals surface area contributed by atoms with Gasteiger partial charge in [-0.3, -0.25) is 0 Å². The summed E-state index contributed by atoms with van der Waals surface area (Å²) in [6.45, 7) is 12.0. The second-order valence-corrected chi connectivity index (χ2v) is 5.82. The van der Waals surface area contributed by atoms with Gasteiger partial charge in [0.25, 0.3) is 0 Å². The van der Waals surface area contributed by atoms with E-state index in [1.165, 1.54) is 5.56 Å². The third kappa shape index (κ3) is 6.86. The zero-order valence-corrected chi connectivity index (χ0v) is 20.8. The molecule has 3 nitrogen and oxygen atoms in total. The first-order valence-electron chi connectivity index (χ1n) is 11.3. The van der Waals surface area contributed by atoms with Crippen LogP contribution < -0.4 is 14.8 Å². The van der Waals surface area contributed by atoms with Crippen LogP contribution in [0.3, 0.4) is 0 Å². The van der Waals surface area contributed by atoms with E-state index in [4.69, 9.17) is 9.47 Å². The number of hydrogen-bond donors (Lipinski definition) is 1. The summed E-state index contributed by atoms with van der Waals surface area (Å²) >= 11 is 0. The summed E-state index contributed by atoms with van der Waals surface area (Å²) in [6, 6.07) is 26.8. The number of nitrogens with one attached hydrogen (secondary N) is 1. The smallest absolute Gasteiger partial charge is 0.118 e. The summed E-state index contributed by atoms with van der Waals surface area (Å²) < 4.78 is 10.6. The lowest BCUT2D eigenvalue weighted by Gasteiger charge is -2.36. The lowest BCUT2D eigenvalue weighted by atomic mass is 9.77. The van der Waals surface area contributed by atoms with Crippen molar-refractivity contribution in [3.63, 3.8) is 0 Å². The van der Waals surface area contributed by atoms with Crippen molar-refractivity contribution in [2.24, 2.45) is 0 Å². The van der Waals surface area contributed by atoms with Gasteiger partial charge in [0.05, 0.1) is 19.8 Å². The summed E-state index contributed by atoms with van der Waals surface area (Å²) in [7, 11) is 5.35. The minimum Gasteiger partial charge on any atom is -0.497 e. The van der Waals surface area contributed by atoms with Crippen LogP contribution in [0, 0.1) is 0 Å². The molecule has 170 valence electrons. The van der Waals surface area contributed by atoms with Gasteiger partial charge in [-0.15, -0.1) is 0 Å². The van der Waals surface area contributed by atoms with Gasteiger partial charge in [-0.1, -0.05) is 96.1 Å². The molecule has 3 aromatic rings. The summed E-state index contributed by atoms with van der Waals surface area (Å²) in [6.07, 6.45) is 0. The van der Waals surface area contributed by atoms with Gasteiger partial charge in [0.1, 0.15) is 11.5 Å². The summed E-state index contributed by atoms with van der Waals surface area (Å²) in [4.78, 5) is 0. The molecule has 31 heavy (non-hydrogen) atoms. The van der Waals surface area contributed by atoms with E-state index >= 15 is 0 Å². The molecule has 0 saturated carbocycles. The first-order chi connectivity index (χ1) is 15.2. The molecule has 0 atom stereocenters. The molecule has 0 radical (unpaired) electrons. The average Bonchev–Trinajstić information content (AvgIpc) is 2.90. The third-order valence-electron chi connectivity index (χ3n) is 4.63. The number of ether oxygens (including phenoxy) is 2. The Labute approximate surface area is 190 Å². The predicted octanol–water partition coefficient (Wildman–Crippen LogP) is 7.29. The molecule has 3 heteroatoms. The molecule has 0 aliphatic heterocycles. The van der Waals surface area contributed by atoms with Crippen molar-refractivity contribution < 1.29 is 9.47 Å². The maximum Gasteiger partial charge on any atom is 0.118 e. The van der Waals surface area contributed by atoms with Crippen LogP contribution in [0.25, 0.3) is 0 Å². The lowest BCUT2D eigenvalue weighted by molar-refractivity contribution is 0.413. The Morgan fingerprint density at radius 3 is 1.13 bits per heavy atom.